The number of aryl methyl sites for hydroxylation is 1. The molecule has 4 aromatic rings. The van der Waals surface area contributed by atoms with E-state index in [1.54, 1.807) is 38.1 Å². The molecule has 0 aromatic heterocycles. The van der Waals surface area contributed by atoms with Gasteiger partial charge in [0.15, 0.2) is 0 Å². The second-order valence-corrected chi connectivity index (χ2v) is 11.6. The number of urea groups is 1. The van der Waals surface area contributed by atoms with Crippen LogP contribution < -0.4 is 15.4 Å². The van der Waals surface area contributed by atoms with Crippen LogP contribution in [0.25, 0.3) is 0 Å². The van der Waals surface area contributed by atoms with Crippen molar-refractivity contribution in [2.75, 3.05) is 5.32 Å². The molecule has 0 fully saturated rings. The molecule has 0 radical (unpaired) electrons. The van der Waals surface area contributed by atoms with E-state index in [4.69, 9.17) is 39.5 Å². The van der Waals surface area contributed by atoms with Crippen LogP contribution in [0.3, 0.4) is 0 Å². The Kier molecular flexibility index (Phi) is 8.51. The number of sulfone groups is 1. The first-order chi connectivity index (χ1) is 18.5. The Labute approximate surface area is 240 Å². The van der Waals surface area contributed by atoms with Gasteiger partial charge in [0, 0.05) is 10.7 Å². The molecule has 200 valence electrons. The molecular weight excluding hydrogens is 583 g/mol. The van der Waals surface area contributed by atoms with Crippen LogP contribution in [0.4, 0.5) is 10.5 Å². The van der Waals surface area contributed by atoms with Crippen LogP contribution in [-0.4, -0.2) is 20.4 Å². The minimum atomic E-state index is -3.73. The van der Waals surface area contributed by atoms with E-state index in [0.717, 1.165) is 0 Å². The summed E-state index contributed by atoms with van der Waals surface area (Å²) in [7, 11) is -3.73. The highest BCUT2D eigenvalue weighted by atomic mass is 35.5. The summed E-state index contributed by atoms with van der Waals surface area (Å²) >= 11 is 18.4. The highest BCUT2D eigenvalue weighted by molar-refractivity contribution is 7.91. The molecule has 4 aromatic carbocycles. The van der Waals surface area contributed by atoms with Gasteiger partial charge in [0.25, 0.3) is 5.91 Å². The zero-order valence-corrected chi connectivity index (χ0v) is 23.7. The molecule has 0 aliphatic carbocycles. The van der Waals surface area contributed by atoms with Gasteiger partial charge in [0.2, 0.25) is 9.84 Å². The van der Waals surface area contributed by atoms with Gasteiger partial charge in [-0.25, -0.2) is 13.2 Å². The van der Waals surface area contributed by atoms with E-state index in [1.807, 2.05) is 0 Å². The van der Waals surface area contributed by atoms with Gasteiger partial charge in [0.05, 0.1) is 25.4 Å². The Bertz CT molecular complexity index is 1670. The topological polar surface area (TPSA) is 102 Å². The third-order valence-electron chi connectivity index (χ3n) is 5.72. The average Bonchev–Trinajstić information content (AvgIpc) is 2.90. The summed E-state index contributed by atoms with van der Waals surface area (Å²) in [5.74, 6) is 0.0406. The molecule has 0 spiro atoms. The van der Waals surface area contributed by atoms with Crippen LogP contribution in [0.5, 0.6) is 11.5 Å². The molecule has 2 N–H and O–H groups in total. The molecule has 0 aliphatic heterocycles. The maximum absolute atomic E-state index is 12.9. The summed E-state index contributed by atoms with van der Waals surface area (Å²) in [6, 6.07) is 19.1. The lowest BCUT2D eigenvalue weighted by Gasteiger charge is -2.17. The molecule has 4 rings (SSSR count). The number of carbonyl (C=O) groups excluding carboxylic acids is 2. The molecule has 0 saturated carbocycles. The SMILES string of the molecule is Cc1cc(NC(=O)NC(=O)c2ccccc2Cl)c(C)c(Cl)c1Oc1ccc(S(=O)(=O)c2ccc(Cl)cc2)cc1. The lowest BCUT2D eigenvalue weighted by molar-refractivity contribution is 0.0967. The molecule has 3 amide bonds. The lowest BCUT2D eigenvalue weighted by atomic mass is 10.1. The number of halogens is 3. The fraction of sp³-hybridized carbons (Fsp3) is 0.0714. The summed E-state index contributed by atoms with van der Waals surface area (Å²) in [5.41, 5.74) is 1.63. The van der Waals surface area contributed by atoms with Gasteiger partial charge < -0.3 is 10.1 Å². The summed E-state index contributed by atoms with van der Waals surface area (Å²) in [4.78, 5) is 25.1. The number of imide groups is 1. The summed E-state index contributed by atoms with van der Waals surface area (Å²) in [5, 5.41) is 5.74. The van der Waals surface area contributed by atoms with Crippen LogP contribution in [0.2, 0.25) is 15.1 Å². The normalized spacial score (nSPS) is 11.1. The van der Waals surface area contributed by atoms with Gasteiger partial charge in [-0.1, -0.05) is 46.9 Å². The van der Waals surface area contributed by atoms with Crippen LogP contribution in [0, 0.1) is 13.8 Å². The van der Waals surface area contributed by atoms with Crippen molar-refractivity contribution in [3.05, 3.63) is 111 Å². The van der Waals surface area contributed by atoms with Crippen molar-refractivity contribution >= 4 is 62.3 Å². The minimum Gasteiger partial charge on any atom is -0.456 e. The van der Waals surface area contributed by atoms with Crippen LogP contribution in [-0.2, 0) is 9.84 Å². The monoisotopic (exact) mass is 602 g/mol. The number of carbonyl (C=O) groups is 2. The zero-order chi connectivity index (χ0) is 28.3. The minimum absolute atomic E-state index is 0.0908. The second-order valence-electron chi connectivity index (χ2n) is 8.43. The number of nitrogens with one attached hydrogen (secondary N) is 2. The Hall–Kier alpha value is -3.56. The first-order valence-electron chi connectivity index (χ1n) is 11.4. The molecule has 7 nitrogen and oxygen atoms in total. The van der Waals surface area contributed by atoms with Crippen molar-refractivity contribution in [2.24, 2.45) is 0 Å². The van der Waals surface area contributed by atoms with Gasteiger partial charge in [-0.05, 0) is 91.7 Å². The van der Waals surface area contributed by atoms with E-state index in [1.165, 1.54) is 54.6 Å². The van der Waals surface area contributed by atoms with Gasteiger partial charge >= 0.3 is 6.03 Å². The van der Waals surface area contributed by atoms with Gasteiger partial charge in [-0.3, -0.25) is 10.1 Å². The summed E-state index contributed by atoms with van der Waals surface area (Å²) in [6.07, 6.45) is 0. The van der Waals surface area contributed by atoms with E-state index < -0.39 is 21.8 Å². The van der Waals surface area contributed by atoms with Crippen molar-refractivity contribution in [1.29, 1.82) is 0 Å². The largest absolute Gasteiger partial charge is 0.456 e. The quantitative estimate of drug-likeness (QED) is 0.234. The maximum Gasteiger partial charge on any atom is 0.326 e. The van der Waals surface area contributed by atoms with Crippen molar-refractivity contribution in [2.45, 2.75) is 23.6 Å². The molecule has 0 saturated heterocycles. The second kappa shape index (κ2) is 11.7. The van der Waals surface area contributed by atoms with E-state index in [9.17, 15) is 18.0 Å². The Morgan fingerprint density at radius 1 is 0.821 bits per heavy atom. The van der Waals surface area contributed by atoms with E-state index in [0.29, 0.717) is 33.3 Å². The molecule has 0 heterocycles. The van der Waals surface area contributed by atoms with Crippen LogP contribution in [0.15, 0.2) is 88.7 Å². The molecule has 0 aliphatic rings. The lowest BCUT2D eigenvalue weighted by Crippen LogP contribution is -2.34. The molecule has 0 unspecified atom stereocenters. The van der Waals surface area contributed by atoms with Gasteiger partial charge in [0.1, 0.15) is 11.5 Å². The van der Waals surface area contributed by atoms with Gasteiger partial charge in [-0.15, -0.1) is 0 Å². The Morgan fingerprint density at radius 2 is 1.41 bits per heavy atom. The van der Waals surface area contributed by atoms with Crippen LogP contribution in [0.1, 0.15) is 21.5 Å². The highest BCUT2D eigenvalue weighted by Crippen LogP contribution is 2.39. The van der Waals surface area contributed by atoms with Gasteiger partial charge in [-0.2, -0.15) is 0 Å². The first kappa shape index (κ1) is 28.4. The third kappa shape index (κ3) is 6.37. The summed E-state index contributed by atoms with van der Waals surface area (Å²) in [6.45, 7) is 3.42. The molecule has 11 heteroatoms. The van der Waals surface area contributed by atoms with E-state index in [2.05, 4.69) is 10.6 Å². The number of anilines is 1. The molecule has 39 heavy (non-hydrogen) atoms. The van der Waals surface area contributed by atoms with E-state index >= 15 is 0 Å². The van der Waals surface area contributed by atoms with Crippen molar-refractivity contribution in [3.8, 4) is 11.5 Å². The predicted molar refractivity (Wildman–Crippen MR) is 152 cm³/mol. The number of hydrogen-bond donors (Lipinski definition) is 2. The van der Waals surface area contributed by atoms with E-state index in [-0.39, 0.29) is 25.4 Å². The highest BCUT2D eigenvalue weighted by Gasteiger charge is 2.20. The number of rotatable bonds is 6. The summed E-state index contributed by atoms with van der Waals surface area (Å²) < 4.78 is 31.7. The molecular formula is C28H21Cl3N2O5S. The molecule has 0 bridgehead atoms. The zero-order valence-electron chi connectivity index (χ0n) is 20.6. The maximum atomic E-state index is 12.9. The van der Waals surface area contributed by atoms with Crippen molar-refractivity contribution in [3.63, 3.8) is 0 Å². The fourth-order valence-corrected chi connectivity index (χ4v) is 5.53. The number of amides is 3. The van der Waals surface area contributed by atoms with Crippen molar-refractivity contribution in [1.82, 2.24) is 5.32 Å². The average molecular weight is 604 g/mol. The Balaban J connectivity index is 1.49. The van der Waals surface area contributed by atoms with Crippen LogP contribution >= 0.6 is 34.8 Å². The number of hydrogen-bond acceptors (Lipinski definition) is 5. The first-order valence-corrected chi connectivity index (χ1v) is 14.0. The predicted octanol–water partition coefficient (Wildman–Crippen LogP) is 7.85. The smallest absolute Gasteiger partial charge is 0.326 e. The van der Waals surface area contributed by atoms with Crippen molar-refractivity contribution < 1.29 is 22.7 Å². The molecule has 0 atom stereocenters. The standard InChI is InChI=1S/C28H21Cl3N2O5S/c1-16-15-24(32-28(35)33-27(34)22-5-3-4-6-23(22)30)17(2)25(31)26(16)38-19-9-13-21(14-10-19)39(36,37)20-11-7-18(29)8-12-20/h3-15H,1-2H3,(H2,32,33,34,35). The number of benzene rings is 4. The third-order valence-corrected chi connectivity index (χ3v) is 8.55. The number of ether oxygens (including phenoxy) is 1. The Morgan fingerprint density at radius 3 is 2.03 bits per heavy atom. The fourth-order valence-electron chi connectivity index (χ4n) is 3.63.